The number of benzene rings is 3. The maximum Gasteiger partial charge on any atom is 0.118 e. The summed E-state index contributed by atoms with van der Waals surface area (Å²) in [6, 6.07) is 22.8. The highest BCUT2D eigenvalue weighted by Crippen LogP contribution is 2.29. The van der Waals surface area contributed by atoms with Crippen LogP contribution in [0.15, 0.2) is 66.7 Å². The zero-order valence-corrected chi connectivity index (χ0v) is 12.2. The van der Waals surface area contributed by atoms with E-state index in [-0.39, 0.29) is 6.10 Å². The fraction of sp³-hybridized carbons (Fsp3) is 0.158. The molecule has 3 rings (SSSR count). The van der Waals surface area contributed by atoms with Crippen LogP contribution in [0.1, 0.15) is 17.2 Å². The van der Waals surface area contributed by atoms with Gasteiger partial charge >= 0.3 is 0 Å². The summed E-state index contributed by atoms with van der Waals surface area (Å²) in [6.07, 6.45) is -0.0690. The number of ether oxygens (including phenoxy) is 2. The van der Waals surface area contributed by atoms with Crippen LogP contribution in [0.25, 0.3) is 10.8 Å². The molecule has 0 saturated heterocycles. The van der Waals surface area contributed by atoms with E-state index in [2.05, 4.69) is 42.5 Å². The Labute approximate surface area is 124 Å². The van der Waals surface area contributed by atoms with Gasteiger partial charge in [0.25, 0.3) is 0 Å². The van der Waals surface area contributed by atoms with Crippen LogP contribution in [0.4, 0.5) is 0 Å². The topological polar surface area (TPSA) is 18.5 Å². The summed E-state index contributed by atoms with van der Waals surface area (Å²) >= 11 is 0. The largest absolute Gasteiger partial charge is 0.497 e. The first-order valence-electron chi connectivity index (χ1n) is 6.97. The normalized spacial score (nSPS) is 12.3. The van der Waals surface area contributed by atoms with Crippen molar-refractivity contribution < 1.29 is 9.47 Å². The molecular formula is C19H18O2. The lowest BCUT2D eigenvalue weighted by atomic mass is 9.98. The van der Waals surface area contributed by atoms with Gasteiger partial charge in [0, 0.05) is 7.11 Å². The van der Waals surface area contributed by atoms with Crippen molar-refractivity contribution in [2.45, 2.75) is 6.10 Å². The molecule has 3 aromatic carbocycles. The van der Waals surface area contributed by atoms with Crippen LogP contribution in [-0.4, -0.2) is 14.2 Å². The quantitative estimate of drug-likeness (QED) is 0.695. The first-order valence-corrected chi connectivity index (χ1v) is 6.97. The van der Waals surface area contributed by atoms with Crippen molar-refractivity contribution in [1.29, 1.82) is 0 Å². The lowest BCUT2D eigenvalue weighted by Crippen LogP contribution is -2.03. The van der Waals surface area contributed by atoms with E-state index in [1.807, 2.05) is 24.3 Å². The Kier molecular flexibility index (Phi) is 3.89. The Bertz CT molecular complexity index is 732. The Morgan fingerprint density at radius 3 is 2.05 bits per heavy atom. The second-order valence-electron chi connectivity index (χ2n) is 5.00. The first-order chi connectivity index (χ1) is 10.3. The highest BCUT2D eigenvalue weighted by molar-refractivity contribution is 5.83. The molecule has 2 heteroatoms. The summed E-state index contributed by atoms with van der Waals surface area (Å²) in [7, 11) is 3.41. The minimum Gasteiger partial charge on any atom is -0.497 e. The van der Waals surface area contributed by atoms with E-state index in [4.69, 9.17) is 9.47 Å². The summed E-state index contributed by atoms with van der Waals surface area (Å²) in [5.74, 6) is 0.854. The number of fused-ring (bicyclic) bond motifs is 1. The molecule has 0 aliphatic carbocycles. The van der Waals surface area contributed by atoms with Crippen LogP contribution >= 0.6 is 0 Å². The fourth-order valence-electron chi connectivity index (χ4n) is 2.61. The third-order valence-corrected chi connectivity index (χ3v) is 3.73. The summed E-state index contributed by atoms with van der Waals surface area (Å²) in [4.78, 5) is 0. The van der Waals surface area contributed by atoms with Gasteiger partial charge < -0.3 is 9.47 Å². The standard InChI is InChI=1S/C19H18O2/c1-20-18-11-9-15(10-12-18)19(21-2)17-8-7-14-5-3-4-6-16(14)13-17/h3-13,19H,1-2H3. The third-order valence-electron chi connectivity index (χ3n) is 3.73. The molecule has 0 amide bonds. The maximum absolute atomic E-state index is 5.70. The molecule has 0 bridgehead atoms. The molecule has 0 aliphatic heterocycles. The van der Waals surface area contributed by atoms with Crippen molar-refractivity contribution in [3.63, 3.8) is 0 Å². The van der Waals surface area contributed by atoms with E-state index in [1.165, 1.54) is 10.8 Å². The molecule has 2 nitrogen and oxygen atoms in total. The molecule has 0 heterocycles. The van der Waals surface area contributed by atoms with Crippen molar-refractivity contribution in [2.24, 2.45) is 0 Å². The molecular weight excluding hydrogens is 260 g/mol. The number of hydrogen-bond acceptors (Lipinski definition) is 2. The van der Waals surface area contributed by atoms with Crippen LogP contribution in [0.5, 0.6) is 5.75 Å². The van der Waals surface area contributed by atoms with E-state index in [9.17, 15) is 0 Å². The van der Waals surface area contributed by atoms with Gasteiger partial charge in [-0.1, -0.05) is 48.5 Å². The molecule has 0 spiro atoms. The fourth-order valence-corrected chi connectivity index (χ4v) is 2.61. The van der Waals surface area contributed by atoms with Crippen LogP contribution in [0, 0.1) is 0 Å². The van der Waals surface area contributed by atoms with Gasteiger partial charge in [-0.25, -0.2) is 0 Å². The van der Waals surface area contributed by atoms with Crippen LogP contribution in [0.2, 0.25) is 0 Å². The average molecular weight is 278 g/mol. The minimum atomic E-state index is -0.0690. The van der Waals surface area contributed by atoms with Crippen LogP contribution in [-0.2, 0) is 4.74 Å². The number of hydrogen-bond donors (Lipinski definition) is 0. The SMILES string of the molecule is COc1ccc(C(OC)c2ccc3ccccc3c2)cc1. The predicted molar refractivity (Wildman–Crippen MR) is 85.8 cm³/mol. The van der Waals surface area contributed by atoms with Gasteiger partial charge in [-0.2, -0.15) is 0 Å². The van der Waals surface area contributed by atoms with Crippen molar-refractivity contribution in [3.8, 4) is 5.75 Å². The zero-order chi connectivity index (χ0) is 14.7. The Hall–Kier alpha value is -2.32. The van der Waals surface area contributed by atoms with Crippen LogP contribution < -0.4 is 4.74 Å². The average Bonchev–Trinajstić information content (AvgIpc) is 2.56. The van der Waals surface area contributed by atoms with Crippen molar-refractivity contribution >= 4 is 10.8 Å². The molecule has 1 unspecified atom stereocenters. The van der Waals surface area contributed by atoms with Gasteiger partial charge in [0.1, 0.15) is 11.9 Å². The maximum atomic E-state index is 5.70. The van der Waals surface area contributed by atoms with E-state index < -0.39 is 0 Å². The highest BCUT2D eigenvalue weighted by Gasteiger charge is 2.13. The minimum absolute atomic E-state index is 0.0690. The Morgan fingerprint density at radius 1 is 0.714 bits per heavy atom. The lowest BCUT2D eigenvalue weighted by Gasteiger charge is -2.17. The second-order valence-corrected chi connectivity index (χ2v) is 5.00. The van der Waals surface area contributed by atoms with E-state index in [0.717, 1.165) is 16.9 Å². The monoisotopic (exact) mass is 278 g/mol. The van der Waals surface area contributed by atoms with Gasteiger partial charge in [-0.15, -0.1) is 0 Å². The molecule has 106 valence electrons. The molecule has 1 atom stereocenters. The Morgan fingerprint density at radius 2 is 1.38 bits per heavy atom. The Balaban J connectivity index is 2.00. The van der Waals surface area contributed by atoms with Gasteiger partial charge in [-0.3, -0.25) is 0 Å². The summed E-state index contributed by atoms with van der Waals surface area (Å²) in [5, 5.41) is 2.47. The third kappa shape index (κ3) is 2.76. The van der Waals surface area contributed by atoms with Crippen molar-refractivity contribution in [2.75, 3.05) is 14.2 Å². The van der Waals surface area contributed by atoms with Gasteiger partial charge in [-0.05, 0) is 40.1 Å². The molecule has 0 fully saturated rings. The molecule has 0 aliphatic rings. The van der Waals surface area contributed by atoms with E-state index in [0.29, 0.717) is 0 Å². The van der Waals surface area contributed by atoms with Crippen LogP contribution in [0.3, 0.4) is 0 Å². The molecule has 0 aromatic heterocycles. The molecule has 0 radical (unpaired) electrons. The van der Waals surface area contributed by atoms with Gasteiger partial charge in [0.15, 0.2) is 0 Å². The lowest BCUT2D eigenvalue weighted by molar-refractivity contribution is 0.136. The molecule has 0 saturated carbocycles. The van der Waals surface area contributed by atoms with Gasteiger partial charge in [0.2, 0.25) is 0 Å². The summed E-state index contributed by atoms with van der Waals surface area (Å²) in [5.41, 5.74) is 2.27. The molecule has 3 aromatic rings. The first kappa shape index (κ1) is 13.7. The summed E-state index contributed by atoms with van der Waals surface area (Å²) < 4.78 is 10.9. The molecule has 21 heavy (non-hydrogen) atoms. The summed E-state index contributed by atoms with van der Waals surface area (Å²) in [6.45, 7) is 0. The zero-order valence-electron chi connectivity index (χ0n) is 12.2. The molecule has 0 N–H and O–H groups in total. The van der Waals surface area contributed by atoms with E-state index in [1.54, 1.807) is 14.2 Å². The number of rotatable bonds is 4. The second kappa shape index (κ2) is 5.98. The van der Waals surface area contributed by atoms with E-state index >= 15 is 0 Å². The highest BCUT2D eigenvalue weighted by atomic mass is 16.5. The number of methoxy groups -OCH3 is 2. The van der Waals surface area contributed by atoms with Crippen molar-refractivity contribution in [1.82, 2.24) is 0 Å². The predicted octanol–water partition coefficient (Wildman–Crippen LogP) is 4.58. The van der Waals surface area contributed by atoms with Crippen molar-refractivity contribution in [3.05, 3.63) is 77.9 Å². The van der Waals surface area contributed by atoms with Gasteiger partial charge in [0.05, 0.1) is 7.11 Å². The smallest absolute Gasteiger partial charge is 0.118 e.